The standard InChI is InChI=1S/C16H13N3S/c1-10-6-11(2)8-13(7-10)19-14-5-3-4-12(9-17)15(14)18-16(19)20/h3-8H,1-2H3,(H,18,20). The second-order valence-corrected chi connectivity index (χ2v) is 5.31. The summed E-state index contributed by atoms with van der Waals surface area (Å²) < 4.78 is 2.58. The zero-order chi connectivity index (χ0) is 14.3. The predicted molar refractivity (Wildman–Crippen MR) is 82.6 cm³/mol. The van der Waals surface area contributed by atoms with Gasteiger partial charge in [-0.15, -0.1) is 0 Å². The van der Waals surface area contributed by atoms with Crippen molar-refractivity contribution in [1.82, 2.24) is 9.55 Å². The Bertz CT molecular complexity index is 889. The highest BCUT2D eigenvalue weighted by molar-refractivity contribution is 7.71. The van der Waals surface area contributed by atoms with Crippen LogP contribution in [-0.4, -0.2) is 9.55 Å². The van der Waals surface area contributed by atoms with Crippen molar-refractivity contribution in [3.63, 3.8) is 0 Å². The quantitative estimate of drug-likeness (QED) is 0.679. The number of aryl methyl sites for hydroxylation is 2. The van der Waals surface area contributed by atoms with Crippen LogP contribution >= 0.6 is 12.2 Å². The van der Waals surface area contributed by atoms with Gasteiger partial charge in [0, 0.05) is 5.69 Å². The molecule has 3 nitrogen and oxygen atoms in total. The summed E-state index contributed by atoms with van der Waals surface area (Å²) in [6.07, 6.45) is 0. The molecule has 0 spiro atoms. The lowest BCUT2D eigenvalue weighted by Gasteiger charge is -2.07. The van der Waals surface area contributed by atoms with E-state index in [0.717, 1.165) is 16.7 Å². The van der Waals surface area contributed by atoms with Crippen LogP contribution in [-0.2, 0) is 0 Å². The summed E-state index contributed by atoms with van der Waals surface area (Å²) in [5.41, 5.74) is 5.73. The highest BCUT2D eigenvalue weighted by atomic mass is 32.1. The van der Waals surface area contributed by atoms with Crippen LogP contribution in [0, 0.1) is 29.9 Å². The number of aromatic amines is 1. The first kappa shape index (κ1) is 12.6. The second-order valence-electron chi connectivity index (χ2n) is 4.92. The lowest BCUT2D eigenvalue weighted by atomic mass is 10.1. The van der Waals surface area contributed by atoms with Crippen LogP contribution in [0.2, 0.25) is 0 Å². The molecule has 4 heteroatoms. The summed E-state index contributed by atoms with van der Waals surface area (Å²) in [6.45, 7) is 4.13. The van der Waals surface area contributed by atoms with E-state index >= 15 is 0 Å². The van der Waals surface area contributed by atoms with E-state index in [1.807, 2.05) is 16.7 Å². The summed E-state index contributed by atoms with van der Waals surface area (Å²) in [6, 6.07) is 14.1. The molecule has 0 unspecified atom stereocenters. The number of benzene rings is 2. The molecule has 0 aliphatic carbocycles. The Morgan fingerprint density at radius 3 is 2.50 bits per heavy atom. The molecule has 1 heterocycles. The third-order valence-electron chi connectivity index (χ3n) is 3.30. The maximum absolute atomic E-state index is 9.18. The molecule has 0 fully saturated rings. The molecule has 3 rings (SSSR count). The monoisotopic (exact) mass is 279 g/mol. The third-order valence-corrected chi connectivity index (χ3v) is 3.59. The molecule has 0 saturated heterocycles. The predicted octanol–water partition coefficient (Wildman–Crippen LogP) is 4.18. The van der Waals surface area contributed by atoms with Crippen molar-refractivity contribution in [3.05, 3.63) is 57.9 Å². The number of rotatable bonds is 1. The van der Waals surface area contributed by atoms with Gasteiger partial charge >= 0.3 is 0 Å². The van der Waals surface area contributed by atoms with Gasteiger partial charge in [0.15, 0.2) is 4.77 Å². The zero-order valence-electron chi connectivity index (χ0n) is 11.3. The molecule has 1 aromatic heterocycles. The first-order chi connectivity index (χ1) is 9.60. The SMILES string of the molecule is Cc1cc(C)cc(-n2c(=S)[nH]c3c(C#N)cccc32)c1. The van der Waals surface area contributed by atoms with Gasteiger partial charge in [0.05, 0.1) is 16.6 Å². The zero-order valence-corrected chi connectivity index (χ0v) is 12.1. The molecule has 20 heavy (non-hydrogen) atoms. The largest absolute Gasteiger partial charge is 0.329 e. The number of imidazole rings is 1. The minimum atomic E-state index is 0.604. The Hall–Kier alpha value is -2.38. The topological polar surface area (TPSA) is 44.5 Å². The van der Waals surface area contributed by atoms with Crippen LogP contribution < -0.4 is 0 Å². The van der Waals surface area contributed by atoms with Gasteiger partial charge in [0.2, 0.25) is 0 Å². The van der Waals surface area contributed by atoms with Crippen LogP contribution in [0.3, 0.4) is 0 Å². The van der Waals surface area contributed by atoms with Crippen LogP contribution in [0.5, 0.6) is 0 Å². The number of H-pyrrole nitrogens is 1. The lowest BCUT2D eigenvalue weighted by Crippen LogP contribution is -1.95. The van der Waals surface area contributed by atoms with Gasteiger partial charge in [-0.25, -0.2) is 0 Å². The first-order valence-electron chi connectivity index (χ1n) is 6.32. The lowest BCUT2D eigenvalue weighted by molar-refractivity contribution is 1.06. The Labute approximate surface area is 122 Å². The average molecular weight is 279 g/mol. The van der Waals surface area contributed by atoms with Crippen molar-refractivity contribution in [2.24, 2.45) is 0 Å². The number of hydrogen-bond acceptors (Lipinski definition) is 2. The van der Waals surface area contributed by atoms with Crippen LogP contribution in [0.4, 0.5) is 0 Å². The minimum absolute atomic E-state index is 0.604. The van der Waals surface area contributed by atoms with E-state index < -0.39 is 0 Å². The average Bonchev–Trinajstić information content (AvgIpc) is 2.73. The molecule has 0 atom stereocenters. The van der Waals surface area contributed by atoms with E-state index in [-0.39, 0.29) is 0 Å². The normalized spacial score (nSPS) is 10.7. The first-order valence-corrected chi connectivity index (χ1v) is 6.73. The van der Waals surface area contributed by atoms with Crippen molar-refractivity contribution in [3.8, 4) is 11.8 Å². The molecule has 0 aliphatic heterocycles. The molecule has 2 aromatic carbocycles. The van der Waals surface area contributed by atoms with E-state index in [1.165, 1.54) is 11.1 Å². The van der Waals surface area contributed by atoms with Gasteiger partial charge in [-0.05, 0) is 61.5 Å². The Morgan fingerprint density at radius 1 is 1.15 bits per heavy atom. The fourth-order valence-corrected chi connectivity index (χ4v) is 2.87. The smallest absolute Gasteiger partial charge is 0.182 e. The van der Waals surface area contributed by atoms with E-state index in [4.69, 9.17) is 12.2 Å². The van der Waals surface area contributed by atoms with E-state index in [2.05, 4.69) is 43.1 Å². The molecule has 0 amide bonds. The number of nitrogens with one attached hydrogen (secondary N) is 1. The van der Waals surface area contributed by atoms with Crippen molar-refractivity contribution in [2.45, 2.75) is 13.8 Å². The number of aromatic nitrogens is 2. The van der Waals surface area contributed by atoms with Gasteiger partial charge in [0.25, 0.3) is 0 Å². The van der Waals surface area contributed by atoms with E-state index in [1.54, 1.807) is 6.07 Å². The fourth-order valence-electron chi connectivity index (χ4n) is 2.56. The molecule has 1 N–H and O–H groups in total. The van der Waals surface area contributed by atoms with Gasteiger partial charge in [0.1, 0.15) is 6.07 Å². The fraction of sp³-hybridized carbons (Fsp3) is 0.125. The molecule has 98 valence electrons. The summed E-state index contributed by atoms with van der Waals surface area (Å²) >= 11 is 5.43. The maximum Gasteiger partial charge on any atom is 0.182 e. The number of hydrogen-bond donors (Lipinski definition) is 1. The molecule has 0 saturated carbocycles. The van der Waals surface area contributed by atoms with E-state index in [0.29, 0.717) is 10.3 Å². The van der Waals surface area contributed by atoms with Crippen LogP contribution in [0.1, 0.15) is 16.7 Å². The van der Waals surface area contributed by atoms with Gasteiger partial charge in [-0.3, -0.25) is 4.57 Å². The Morgan fingerprint density at radius 2 is 1.85 bits per heavy atom. The number of nitrogens with zero attached hydrogens (tertiary/aromatic N) is 2. The molecular formula is C16H13N3S. The van der Waals surface area contributed by atoms with Gasteiger partial charge < -0.3 is 4.98 Å². The van der Waals surface area contributed by atoms with E-state index in [9.17, 15) is 5.26 Å². The molecular weight excluding hydrogens is 266 g/mol. The van der Waals surface area contributed by atoms with Crippen molar-refractivity contribution in [2.75, 3.05) is 0 Å². The van der Waals surface area contributed by atoms with Crippen molar-refractivity contribution < 1.29 is 0 Å². The van der Waals surface area contributed by atoms with Crippen molar-refractivity contribution >= 4 is 23.3 Å². The highest BCUT2D eigenvalue weighted by Gasteiger charge is 2.10. The summed E-state index contributed by atoms with van der Waals surface area (Å²) in [4.78, 5) is 3.14. The highest BCUT2D eigenvalue weighted by Crippen LogP contribution is 2.23. The minimum Gasteiger partial charge on any atom is -0.329 e. The second kappa shape index (κ2) is 4.62. The third kappa shape index (κ3) is 1.93. The Balaban J connectivity index is 2.40. The summed E-state index contributed by atoms with van der Waals surface area (Å²) in [5.74, 6) is 0. The molecule has 0 bridgehead atoms. The molecule has 0 aliphatic rings. The maximum atomic E-state index is 9.18. The number of para-hydroxylation sites is 1. The van der Waals surface area contributed by atoms with Gasteiger partial charge in [-0.2, -0.15) is 5.26 Å². The Kier molecular flexibility index (Phi) is 2.92. The summed E-state index contributed by atoms with van der Waals surface area (Å²) in [7, 11) is 0. The van der Waals surface area contributed by atoms with Crippen LogP contribution in [0.25, 0.3) is 16.7 Å². The van der Waals surface area contributed by atoms with Crippen LogP contribution in [0.15, 0.2) is 36.4 Å². The number of fused-ring (bicyclic) bond motifs is 1. The number of nitriles is 1. The molecule has 3 aromatic rings. The molecule has 0 radical (unpaired) electrons. The van der Waals surface area contributed by atoms with Crippen molar-refractivity contribution in [1.29, 1.82) is 5.26 Å². The summed E-state index contributed by atoms with van der Waals surface area (Å²) in [5, 5.41) is 9.18. The van der Waals surface area contributed by atoms with Gasteiger partial charge in [-0.1, -0.05) is 12.1 Å².